The highest BCUT2D eigenvalue weighted by Crippen LogP contribution is 2.33. The molecule has 1 aromatic rings. The van der Waals surface area contributed by atoms with Crippen molar-refractivity contribution in [2.24, 2.45) is 5.92 Å². The van der Waals surface area contributed by atoms with Crippen LogP contribution in [0.5, 0.6) is 0 Å². The summed E-state index contributed by atoms with van der Waals surface area (Å²) in [6.07, 6.45) is 2.05. The van der Waals surface area contributed by atoms with Gasteiger partial charge in [-0.3, -0.25) is 4.79 Å². The van der Waals surface area contributed by atoms with Crippen LogP contribution in [0.15, 0.2) is 18.2 Å². The number of hydrogen-bond donors (Lipinski definition) is 3. The fourth-order valence-electron chi connectivity index (χ4n) is 2.60. The number of benzene rings is 1. The molecule has 1 aromatic carbocycles. The maximum atomic E-state index is 10.9. The minimum Gasteiger partial charge on any atom is -0.481 e. The third-order valence-electron chi connectivity index (χ3n) is 4.00. The number of nitrogens with one attached hydrogen (secondary N) is 1. The number of carboxylic acid groups (broad SMARTS) is 1. The molecule has 110 valence electrons. The van der Waals surface area contributed by atoms with Crippen LogP contribution in [0.25, 0.3) is 0 Å². The summed E-state index contributed by atoms with van der Waals surface area (Å²) in [7, 11) is 0. The summed E-state index contributed by atoms with van der Waals surface area (Å²) in [5.74, 6) is -1.08. The van der Waals surface area contributed by atoms with Gasteiger partial charge in [0.1, 0.15) is 0 Å². The van der Waals surface area contributed by atoms with Crippen molar-refractivity contribution in [1.82, 2.24) is 0 Å². The maximum absolute atomic E-state index is 10.9. The van der Waals surface area contributed by atoms with Crippen LogP contribution in [0.4, 0.5) is 5.69 Å². The van der Waals surface area contributed by atoms with Crippen molar-refractivity contribution >= 4 is 23.3 Å². The Hall–Kier alpha value is -1.26. The summed E-state index contributed by atoms with van der Waals surface area (Å²) in [5.41, 5.74) is 1.03. The van der Waals surface area contributed by atoms with E-state index in [4.69, 9.17) is 16.7 Å². The highest BCUT2D eigenvalue weighted by Gasteiger charge is 2.35. The molecule has 5 heteroatoms. The van der Waals surface area contributed by atoms with Crippen molar-refractivity contribution in [1.29, 1.82) is 0 Å². The lowest BCUT2D eigenvalue weighted by Crippen LogP contribution is -2.41. The number of aliphatic carboxylic acids is 1. The number of hydrogen-bond acceptors (Lipinski definition) is 3. The molecule has 1 aliphatic carbocycles. The average Bonchev–Trinajstić information content (AvgIpc) is 2.38. The molecule has 0 unspecified atom stereocenters. The van der Waals surface area contributed by atoms with Crippen LogP contribution >= 0.6 is 11.6 Å². The molecule has 1 saturated carbocycles. The average molecular weight is 298 g/mol. The van der Waals surface area contributed by atoms with Crippen molar-refractivity contribution in [3.8, 4) is 0 Å². The predicted octanol–water partition coefficient (Wildman–Crippen LogP) is 3.07. The first-order valence-electron chi connectivity index (χ1n) is 6.85. The number of aliphatic hydroxyl groups is 1. The Morgan fingerprint density at radius 1 is 1.45 bits per heavy atom. The molecule has 0 amide bonds. The molecule has 1 fully saturated rings. The second-order valence-corrected chi connectivity index (χ2v) is 6.08. The van der Waals surface area contributed by atoms with Gasteiger partial charge < -0.3 is 15.5 Å². The quantitative estimate of drug-likeness (QED) is 0.799. The molecule has 0 radical (unpaired) electrons. The van der Waals surface area contributed by atoms with Crippen molar-refractivity contribution in [2.75, 3.05) is 11.9 Å². The summed E-state index contributed by atoms with van der Waals surface area (Å²) in [6.45, 7) is 2.36. The highest BCUT2D eigenvalue weighted by molar-refractivity contribution is 6.33. The van der Waals surface area contributed by atoms with Crippen LogP contribution in [0.2, 0.25) is 5.02 Å². The van der Waals surface area contributed by atoms with Crippen LogP contribution < -0.4 is 5.32 Å². The summed E-state index contributed by atoms with van der Waals surface area (Å²) >= 11 is 6.14. The van der Waals surface area contributed by atoms with Gasteiger partial charge in [-0.2, -0.15) is 0 Å². The normalized spacial score (nSPS) is 26.2. The molecule has 0 heterocycles. The highest BCUT2D eigenvalue weighted by atomic mass is 35.5. The van der Waals surface area contributed by atoms with Crippen LogP contribution in [0.1, 0.15) is 31.2 Å². The molecule has 3 N–H and O–H groups in total. The minimum atomic E-state index is -0.847. The number of aryl methyl sites for hydroxylation is 1. The smallest absolute Gasteiger partial charge is 0.306 e. The number of anilines is 1. The van der Waals surface area contributed by atoms with Gasteiger partial charge in [-0.25, -0.2) is 0 Å². The SMILES string of the molecule is Cc1ccc(NCC2(O)CCC(C(=O)O)CC2)c(Cl)c1. The molecule has 20 heavy (non-hydrogen) atoms. The van der Waals surface area contributed by atoms with Gasteiger partial charge >= 0.3 is 5.97 Å². The van der Waals surface area contributed by atoms with E-state index in [2.05, 4.69) is 5.32 Å². The van der Waals surface area contributed by atoms with E-state index < -0.39 is 11.6 Å². The zero-order chi connectivity index (χ0) is 14.8. The summed E-state index contributed by atoms with van der Waals surface area (Å²) < 4.78 is 0. The molecule has 2 rings (SSSR count). The number of carboxylic acids is 1. The lowest BCUT2D eigenvalue weighted by molar-refractivity contribution is -0.144. The van der Waals surface area contributed by atoms with E-state index >= 15 is 0 Å². The van der Waals surface area contributed by atoms with Crippen molar-refractivity contribution in [3.63, 3.8) is 0 Å². The molecular formula is C15H20ClNO3. The van der Waals surface area contributed by atoms with Gasteiger partial charge in [0.2, 0.25) is 0 Å². The van der Waals surface area contributed by atoms with Gasteiger partial charge in [-0.1, -0.05) is 17.7 Å². The van der Waals surface area contributed by atoms with Crippen molar-refractivity contribution in [3.05, 3.63) is 28.8 Å². The summed E-state index contributed by atoms with van der Waals surface area (Å²) in [4.78, 5) is 10.9. The molecular weight excluding hydrogens is 278 g/mol. The molecule has 0 aromatic heterocycles. The Morgan fingerprint density at radius 3 is 2.65 bits per heavy atom. The molecule has 0 atom stereocenters. The largest absolute Gasteiger partial charge is 0.481 e. The van der Waals surface area contributed by atoms with Gasteiger partial charge in [-0.15, -0.1) is 0 Å². The Balaban J connectivity index is 1.92. The van der Waals surface area contributed by atoms with Gasteiger partial charge in [0.15, 0.2) is 0 Å². The fraction of sp³-hybridized carbons (Fsp3) is 0.533. The van der Waals surface area contributed by atoms with E-state index in [1.54, 1.807) is 0 Å². The zero-order valence-corrected chi connectivity index (χ0v) is 12.3. The number of halogens is 1. The van der Waals surface area contributed by atoms with Crippen molar-refractivity contribution in [2.45, 2.75) is 38.2 Å². The number of carbonyl (C=O) groups is 1. The van der Waals surface area contributed by atoms with Gasteiger partial charge in [0.25, 0.3) is 0 Å². The maximum Gasteiger partial charge on any atom is 0.306 e. The second-order valence-electron chi connectivity index (χ2n) is 5.67. The van der Waals surface area contributed by atoms with Crippen molar-refractivity contribution < 1.29 is 15.0 Å². The Labute approximate surface area is 123 Å². The lowest BCUT2D eigenvalue weighted by Gasteiger charge is -2.35. The molecule has 4 nitrogen and oxygen atoms in total. The van der Waals surface area contributed by atoms with Crippen LogP contribution in [-0.2, 0) is 4.79 Å². The summed E-state index contributed by atoms with van der Waals surface area (Å²) in [5, 5.41) is 23.2. The molecule has 0 saturated heterocycles. The third kappa shape index (κ3) is 3.64. The van der Waals surface area contributed by atoms with Crippen LogP contribution in [0, 0.1) is 12.8 Å². The zero-order valence-electron chi connectivity index (χ0n) is 11.5. The standard InChI is InChI=1S/C15H20ClNO3/c1-10-2-3-13(12(16)8-10)17-9-15(20)6-4-11(5-7-15)14(18)19/h2-3,8,11,17,20H,4-7,9H2,1H3,(H,18,19). The first-order valence-corrected chi connectivity index (χ1v) is 7.23. The van der Waals surface area contributed by atoms with Crippen LogP contribution in [-0.4, -0.2) is 28.3 Å². The number of rotatable bonds is 4. The molecule has 0 spiro atoms. The third-order valence-corrected chi connectivity index (χ3v) is 4.31. The van der Waals surface area contributed by atoms with E-state index in [1.807, 2.05) is 25.1 Å². The van der Waals surface area contributed by atoms with Gasteiger partial charge in [0, 0.05) is 6.54 Å². The van der Waals surface area contributed by atoms with Gasteiger partial charge in [-0.05, 0) is 50.3 Å². The molecule has 0 bridgehead atoms. The van der Waals surface area contributed by atoms with Gasteiger partial charge in [0.05, 0.1) is 22.2 Å². The van der Waals surface area contributed by atoms with E-state index in [0.29, 0.717) is 37.3 Å². The Morgan fingerprint density at radius 2 is 2.10 bits per heavy atom. The lowest BCUT2D eigenvalue weighted by atomic mass is 9.79. The van der Waals surface area contributed by atoms with E-state index in [-0.39, 0.29) is 5.92 Å². The summed E-state index contributed by atoms with van der Waals surface area (Å²) in [6, 6.07) is 5.72. The topological polar surface area (TPSA) is 69.6 Å². The van der Waals surface area contributed by atoms with Crippen LogP contribution in [0.3, 0.4) is 0 Å². The van der Waals surface area contributed by atoms with E-state index in [1.165, 1.54) is 0 Å². The Bertz CT molecular complexity index is 496. The molecule has 1 aliphatic rings. The molecule has 0 aliphatic heterocycles. The first kappa shape index (κ1) is 15.1. The second kappa shape index (κ2) is 6.02. The Kier molecular flexibility index (Phi) is 4.55. The van der Waals surface area contributed by atoms with E-state index in [9.17, 15) is 9.90 Å². The fourth-order valence-corrected chi connectivity index (χ4v) is 2.90. The van der Waals surface area contributed by atoms with E-state index in [0.717, 1.165) is 11.3 Å². The minimum absolute atomic E-state index is 0.321. The monoisotopic (exact) mass is 297 g/mol. The first-order chi connectivity index (χ1) is 9.39. The predicted molar refractivity (Wildman–Crippen MR) is 79.2 cm³/mol.